The van der Waals surface area contributed by atoms with Gasteiger partial charge in [0.1, 0.15) is 28.8 Å². The lowest BCUT2D eigenvalue weighted by Gasteiger charge is -2.32. The highest BCUT2D eigenvalue weighted by Gasteiger charge is 2.29. The number of β-amino-alcohol motifs (C(OH)–C–C–N with tert-alkyl or cyclic N) is 1. The Morgan fingerprint density at radius 3 is 2.73 bits per heavy atom. The quantitative estimate of drug-likeness (QED) is 0.216. The Morgan fingerprint density at radius 2 is 2.02 bits per heavy atom. The fourth-order valence-electron chi connectivity index (χ4n) is 4.68. The van der Waals surface area contributed by atoms with Gasteiger partial charge in [-0.2, -0.15) is 4.36 Å². The Bertz CT molecular complexity index is 1410. The van der Waals surface area contributed by atoms with Gasteiger partial charge >= 0.3 is 0 Å². The van der Waals surface area contributed by atoms with Crippen molar-refractivity contribution in [3.63, 3.8) is 0 Å². The molecule has 1 amide bonds. The van der Waals surface area contributed by atoms with Gasteiger partial charge in [0.05, 0.1) is 32.5 Å². The molecule has 1 aromatic heterocycles. The molecule has 12 nitrogen and oxygen atoms in total. The van der Waals surface area contributed by atoms with Crippen molar-refractivity contribution < 1.29 is 38.0 Å². The van der Waals surface area contributed by atoms with Crippen molar-refractivity contribution in [1.82, 2.24) is 14.8 Å². The Labute approximate surface area is 240 Å². The van der Waals surface area contributed by atoms with E-state index in [-0.39, 0.29) is 25.7 Å². The highest BCUT2D eigenvalue weighted by atomic mass is 32.2. The molecular weight excluding hydrogens is 552 g/mol. The average Bonchev–Trinajstić information content (AvgIpc) is 3.42. The zero-order valence-corrected chi connectivity index (χ0v) is 23.9. The molecular formula is C28H36N4O8S. The molecule has 1 aliphatic rings. The molecule has 0 spiro atoms. The number of hydrogen-bond donors (Lipinski definition) is 4. The summed E-state index contributed by atoms with van der Waals surface area (Å²) in [5.41, 5.74) is 1.65. The van der Waals surface area contributed by atoms with Gasteiger partial charge in [-0.15, -0.1) is 0 Å². The van der Waals surface area contributed by atoms with E-state index in [0.29, 0.717) is 54.1 Å². The summed E-state index contributed by atoms with van der Waals surface area (Å²) in [7, 11) is 0.772. The van der Waals surface area contributed by atoms with E-state index in [1.165, 1.54) is 7.11 Å². The van der Waals surface area contributed by atoms with Crippen molar-refractivity contribution in [1.29, 1.82) is 0 Å². The molecule has 4 rings (SSSR count). The van der Waals surface area contributed by atoms with Gasteiger partial charge in [-0.3, -0.25) is 18.9 Å². The molecule has 13 heteroatoms. The SMILES string of the molecule is CO[SH](=O)=Nc1ccc(OCC(=O)N(C)C(CN2CC[C@H](O)C2)c2cccc(OC(CO)CO)c2)c2cccnc12. The normalized spacial score (nSPS) is 17.2. The monoisotopic (exact) mass is 588 g/mol. The van der Waals surface area contributed by atoms with Crippen molar-refractivity contribution in [3.05, 3.63) is 60.3 Å². The van der Waals surface area contributed by atoms with Crippen LogP contribution in [0.25, 0.3) is 10.9 Å². The second-order valence-corrected chi connectivity index (χ2v) is 10.7. The van der Waals surface area contributed by atoms with Crippen LogP contribution in [0.15, 0.2) is 59.1 Å². The molecule has 0 radical (unpaired) electrons. The third kappa shape index (κ3) is 7.91. The number of rotatable bonds is 13. The maximum Gasteiger partial charge on any atom is 0.260 e. The smallest absolute Gasteiger partial charge is 0.260 e. The molecule has 2 heterocycles. The van der Waals surface area contributed by atoms with Gasteiger partial charge in [0.25, 0.3) is 5.91 Å². The highest BCUT2D eigenvalue weighted by Crippen LogP contribution is 2.32. The zero-order valence-electron chi connectivity index (χ0n) is 23.0. The molecule has 2 aromatic carbocycles. The van der Waals surface area contributed by atoms with Crippen molar-refractivity contribution >= 4 is 33.4 Å². The molecule has 0 saturated carbocycles. The van der Waals surface area contributed by atoms with Crippen LogP contribution in [-0.4, -0.2) is 106 Å². The number of pyridine rings is 1. The third-order valence-electron chi connectivity index (χ3n) is 6.90. The average molecular weight is 589 g/mol. The number of aliphatic hydroxyl groups excluding tert-OH is 3. The lowest BCUT2D eigenvalue weighted by atomic mass is 10.0. The lowest BCUT2D eigenvalue weighted by molar-refractivity contribution is -0.134. The minimum Gasteiger partial charge on any atom is -0.486 e. The first-order valence-corrected chi connectivity index (χ1v) is 14.3. The molecule has 3 aromatic rings. The van der Waals surface area contributed by atoms with E-state index in [0.717, 1.165) is 5.56 Å². The van der Waals surface area contributed by atoms with Crippen molar-refractivity contribution in [2.75, 3.05) is 53.6 Å². The molecule has 222 valence electrons. The first kappa shape index (κ1) is 30.6. The van der Waals surface area contributed by atoms with E-state index in [1.807, 2.05) is 6.07 Å². The second-order valence-electron chi connectivity index (χ2n) is 9.69. The summed E-state index contributed by atoms with van der Waals surface area (Å²) in [4.78, 5) is 21.5. The van der Waals surface area contributed by atoms with E-state index in [1.54, 1.807) is 60.6 Å². The van der Waals surface area contributed by atoms with E-state index in [2.05, 4.69) is 14.2 Å². The number of carbonyl (C=O) groups excluding carboxylic acids is 1. The summed E-state index contributed by atoms with van der Waals surface area (Å²) in [6.07, 6.45) is 1.07. The van der Waals surface area contributed by atoms with Crippen LogP contribution in [-0.2, 0) is 19.9 Å². The van der Waals surface area contributed by atoms with Crippen molar-refractivity contribution in [2.24, 2.45) is 4.36 Å². The van der Waals surface area contributed by atoms with Crippen LogP contribution in [0.3, 0.4) is 0 Å². The van der Waals surface area contributed by atoms with Gasteiger partial charge in [-0.05, 0) is 48.4 Å². The molecule has 1 saturated heterocycles. The van der Waals surface area contributed by atoms with Crippen molar-refractivity contribution in [2.45, 2.75) is 24.7 Å². The number of aromatic nitrogens is 1. The highest BCUT2D eigenvalue weighted by molar-refractivity contribution is 7.69. The number of amides is 1. The van der Waals surface area contributed by atoms with Crippen LogP contribution in [0, 0.1) is 0 Å². The number of likely N-dealkylation sites (N-methyl/N-ethyl adjacent to an activating group) is 1. The Kier molecular flexibility index (Phi) is 10.9. The number of thiol groups is 1. The van der Waals surface area contributed by atoms with Gasteiger partial charge < -0.3 is 29.7 Å². The number of benzene rings is 2. The summed E-state index contributed by atoms with van der Waals surface area (Å²) >= 11 is 0. The predicted molar refractivity (Wildman–Crippen MR) is 153 cm³/mol. The van der Waals surface area contributed by atoms with Crippen LogP contribution in [0.2, 0.25) is 0 Å². The molecule has 1 fully saturated rings. The lowest BCUT2D eigenvalue weighted by Crippen LogP contribution is -2.41. The van der Waals surface area contributed by atoms with Crippen LogP contribution in [0.5, 0.6) is 11.5 Å². The second kappa shape index (κ2) is 14.5. The molecule has 0 aliphatic carbocycles. The summed E-state index contributed by atoms with van der Waals surface area (Å²) in [5, 5.41) is 29.5. The first-order valence-electron chi connectivity index (χ1n) is 13.2. The minimum absolute atomic E-state index is 0.254. The maximum absolute atomic E-state index is 13.5. The summed E-state index contributed by atoms with van der Waals surface area (Å²) in [6, 6.07) is 13.6. The van der Waals surface area contributed by atoms with Gasteiger partial charge in [0.2, 0.25) is 0 Å². The number of ether oxygens (including phenoxy) is 2. The van der Waals surface area contributed by atoms with Gasteiger partial charge in [0.15, 0.2) is 17.5 Å². The molecule has 41 heavy (non-hydrogen) atoms. The molecule has 3 atom stereocenters. The van der Waals surface area contributed by atoms with Crippen LogP contribution in [0.1, 0.15) is 18.0 Å². The Hall–Kier alpha value is -3.33. The number of aliphatic hydroxyl groups is 3. The van der Waals surface area contributed by atoms with Crippen molar-refractivity contribution in [3.8, 4) is 11.5 Å². The molecule has 0 bridgehead atoms. The fourth-order valence-corrected chi connectivity index (χ4v) is 5.09. The van der Waals surface area contributed by atoms with Crippen LogP contribution < -0.4 is 9.47 Å². The Morgan fingerprint density at radius 1 is 1.22 bits per heavy atom. The number of likely N-dealkylation sites (tertiary alicyclic amines) is 1. The fraction of sp³-hybridized carbons (Fsp3) is 0.429. The van der Waals surface area contributed by atoms with Gasteiger partial charge in [0, 0.05) is 38.3 Å². The number of hydrogen-bond acceptors (Lipinski definition) is 11. The topological polar surface area (TPSA) is 154 Å². The van der Waals surface area contributed by atoms with E-state index in [9.17, 15) is 24.3 Å². The van der Waals surface area contributed by atoms with E-state index >= 15 is 0 Å². The van der Waals surface area contributed by atoms with E-state index in [4.69, 9.17) is 13.7 Å². The number of carbonyl (C=O) groups is 1. The minimum atomic E-state index is -2.23. The maximum atomic E-state index is 13.5. The summed E-state index contributed by atoms with van der Waals surface area (Å²) in [5.74, 6) is 0.604. The third-order valence-corrected chi connectivity index (χ3v) is 7.59. The standard InChI is InChI=1S/C28H36N4O8S/c1-31(27(36)18-39-26-9-8-24(30-41(37)38-2)28-23(26)7-4-11-29-28)25(15-32-12-10-20(35)14-32)19-5-3-6-21(13-19)40-22(16-33)17-34/h3-9,11,13,20,22,25,33-35,41H,10,12,14-18H2,1-2H3/t20-,25?/m0/s1. The zero-order chi connectivity index (χ0) is 29.4. The predicted octanol–water partition coefficient (Wildman–Crippen LogP) is 1.47. The molecule has 2 unspecified atom stereocenters. The van der Waals surface area contributed by atoms with Gasteiger partial charge in [-0.1, -0.05) is 12.1 Å². The first-order chi connectivity index (χ1) is 19.8. The Balaban J connectivity index is 1.55. The van der Waals surface area contributed by atoms with Crippen LogP contribution >= 0.6 is 0 Å². The largest absolute Gasteiger partial charge is 0.486 e. The summed E-state index contributed by atoms with van der Waals surface area (Å²) in [6.45, 7) is 0.760. The number of nitrogens with zero attached hydrogens (tertiary/aromatic N) is 4. The summed E-state index contributed by atoms with van der Waals surface area (Å²) < 4.78 is 32.3. The molecule has 1 aliphatic heterocycles. The number of fused-ring (bicyclic) bond motifs is 1. The van der Waals surface area contributed by atoms with E-state index < -0.39 is 29.1 Å². The van der Waals surface area contributed by atoms with Crippen LogP contribution in [0.4, 0.5) is 5.69 Å². The van der Waals surface area contributed by atoms with Gasteiger partial charge in [-0.25, -0.2) is 4.21 Å². The molecule has 3 N–H and O–H groups in total.